The number of aromatic nitrogens is 2. The molecular weight excluding hydrogens is 234 g/mol. The summed E-state index contributed by atoms with van der Waals surface area (Å²) in [5, 5.41) is 11.3. The van der Waals surface area contributed by atoms with E-state index in [0.717, 1.165) is 18.8 Å². The highest BCUT2D eigenvalue weighted by molar-refractivity contribution is 5.27. The van der Waals surface area contributed by atoms with Gasteiger partial charge in [0.15, 0.2) is 0 Å². The first-order valence-electron chi connectivity index (χ1n) is 6.62. The van der Waals surface area contributed by atoms with E-state index in [9.17, 15) is 0 Å². The Hall–Kier alpha value is -1.74. The second-order valence-electron chi connectivity index (χ2n) is 5.77. The van der Waals surface area contributed by atoms with E-state index < -0.39 is 0 Å². The summed E-state index contributed by atoms with van der Waals surface area (Å²) < 4.78 is 0. The van der Waals surface area contributed by atoms with Crippen molar-refractivity contribution < 1.29 is 0 Å². The molecule has 0 saturated carbocycles. The predicted molar refractivity (Wildman–Crippen MR) is 77.7 cm³/mol. The number of rotatable bonds is 4. The van der Waals surface area contributed by atoms with E-state index in [2.05, 4.69) is 60.6 Å². The van der Waals surface area contributed by atoms with Gasteiger partial charge in [0.05, 0.1) is 5.69 Å². The van der Waals surface area contributed by atoms with Gasteiger partial charge in [0, 0.05) is 19.3 Å². The first-order chi connectivity index (χ1) is 9.05. The van der Waals surface area contributed by atoms with E-state index in [1.807, 2.05) is 12.1 Å². The topological polar surface area (TPSA) is 37.8 Å². The Morgan fingerprint density at radius 2 is 1.74 bits per heavy atom. The first-order valence-corrected chi connectivity index (χ1v) is 6.62. The molecule has 19 heavy (non-hydrogen) atoms. The van der Waals surface area contributed by atoms with Crippen molar-refractivity contribution in [2.45, 2.75) is 39.3 Å². The van der Waals surface area contributed by atoms with Crippen LogP contribution < -0.4 is 5.32 Å². The maximum atomic E-state index is 4.04. The second kappa shape index (κ2) is 5.93. The van der Waals surface area contributed by atoms with Crippen molar-refractivity contribution in [1.29, 1.82) is 0 Å². The molecule has 2 aromatic rings. The molecule has 0 aliphatic rings. The molecule has 0 radical (unpaired) electrons. The Morgan fingerprint density at radius 1 is 1.00 bits per heavy atom. The minimum Gasteiger partial charge on any atom is -0.307 e. The third-order valence-electron chi connectivity index (χ3n) is 3.08. The molecule has 0 spiro atoms. The Kier molecular flexibility index (Phi) is 4.27. The van der Waals surface area contributed by atoms with Crippen molar-refractivity contribution in [2.24, 2.45) is 0 Å². The van der Waals surface area contributed by atoms with Gasteiger partial charge >= 0.3 is 0 Å². The Labute approximate surface area is 115 Å². The number of nitrogens with zero attached hydrogens (tertiary/aromatic N) is 2. The lowest BCUT2D eigenvalue weighted by Crippen LogP contribution is -2.15. The maximum absolute atomic E-state index is 4.04. The molecule has 1 N–H and O–H groups in total. The number of hydrogen-bond donors (Lipinski definition) is 1. The van der Waals surface area contributed by atoms with Crippen molar-refractivity contribution in [3.8, 4) is 0 Å². The van der Waals surface area contributed by atoms with Gasteiger partial charge in [-0.1, -0.05) is 45.0 Å². The van der Waals surface area contributed by atoms with Crippen molar-refractivity contribution in [2.75, 3.05) is 0 Å². The van der Waals surface area contributed by atoms with Crippen LogP contribution in [-0.2, 0) is 18.5 Å². The summed E-state index contributed by atoms with van der Waals surface area (Å²) in [7, 11) is 0. The zero-order chi connectivity index (χ0) is 13.7. The lowest BCUT2D eigenvalue weighted by atomic mass is 9.87. The van der Waals surface area contributed by atoms with Gasteiger partial charge in [-0.25, -0.2) is 0 Å². The highest BCUT2D eigenvalue weighted by atomic mass is 15.1. The monoisotopic (exact) mass is 255 g/mol. The van der Waals surface area contributed by atoms with Crippen LogP contribution in [0.3, 0.4) is 0 Å². The zero-order valence-corrected chi connectivity index (χ0v) is 11.9. The molecule has 100 valence electrons. The van der Waals surface area contributed by atoms with Gasteiger partial charge in [-0.3, -0.25) is 0 Å². The number of benzene rings is 1. The van der Waals surface area contributed by atoms with Gasteiger partial charge in [0.1, 0.15) is 0 Å². The van der Waals surface area contributed by atoms with E-state index in [4.69, 9.17) is 0 Å². The van der Waals surface area contributed by atoms with Crippen molar-refractivity contribution in [1.82, 2.24) is 15.5 Å². The number of hydrogen-bond acceptors (Lipinski definition) is 3. The Balaban J connectivity index is 1.87. The van der Waals surface area contributed by atoms with Crippen molar-refractivity contribution >= 4 is 0 Å². The van der Waals surface area contributed by atoms with Crippen LogP contribution in [0.4, 0.5) is 0 Å². The van der Waals surface area contributed by atoms with Crippen LogP contribution in [0.2, 0.25) is 0 Å². The van der Waals surface area contributed by atoms with Gasteiger partial charge in [-0.05, 0) is 28.7 Å². The van der Waals surface area contributed by atoms with Crippen LogP contribution in [0.1, 0.15) is 37.6 Å². The molecule has 0 saturated heterocycles. The highest BCUT2D eigenvalue weighted by Crippen LogP contribution is 2.22. The quantitative estimate of drug-likeness (QED) is 0.912. The largest absolute Gasteiger partial charge is 0.307 e. The first kappa shape index (κ1) is 13.7. The average molecular weight is 255 g/mol. The molecule has 0 aliphatic heterocycles. The van der Waals surface area contributed by atoms with Gasteiger partial charge in [0.25, 0.3) is 0 Å². The fraction of sp³-hybridized carbons (Fsp3) is 0.375. The molecule has 0 fully saturated rings. The molecule has 0 unspecified atom stereocenters. The smallest absolute Gasteiger partial charge is 0.0769 e. The molecule has 0 amide bonds. The maximum Gasteiger partial charge on any atom is 0.0769 e. The van der Waals surface area contributed by atoms with E-state index in [1.54, 1.807) is 6.20 Å². The average Bonchev–Trinajstić information content (AvgIpc) is 2.39. The van der Waals surface area contributed by atoms with Crippen LogP contribution in [0.15, 0.2) is 42.6 Å². The van der Waals surface area contributed by atoms with Crippen LogP contribution in [-0.4, -0.2) is 10.2 Å². The third kappa shape index (κ3) is 4.14. The van der Waals surface area contributed by atoms with Gasteiger partial charge in [0.2, 0.25) is 0 Å². The molecule has 3 heteroatoms. The predicted octanol–water partition coefficient (Wildman–Crippen LogP) is 3.06. The molecule has 1 aromatic heterocycles. The van der Waals surface area contributed by atoms with E-state index in [0.29, 0.717) is 0 Å². The Morgan fingerprint density at radius 3 is 2.32 bits per heavy atom. The summed E-state index contributed by atoms with van der Waals surface area (Å²) >= 11 is 0. The van der Waals surface area contributed by atoms with Crippen LogP contribution in [0.5, 0.6) is 0 Å². The third-order valence-corrected chi connectivity index (χ3v) is 3.08. The normalized spacial score (nSPS) is 11.5. The number of nitrogens with one attached hydrogen (secondary N) is 1. The summed E-state index contributed by atoms with van der Waals surface area (Å²) in [6.45, 7) is 8.28. The van der Waals surface area contributed by atoms with Crippen LogP contribution in [0, 0.1) is 0 Å². The van der Waals surface area contributed by atoms with Gasteiger partial charge in [-0.15, -0.1) is 0 Å². The SMILES string of the molecule is CC(C)(C)c1ccc(CNCc2cccnn2)cc1. The van der Waals surface area contributed by atoms with E-state index in [-0.39, 0.29) is 5.41 Å². The fourth-order valence-electron chi connectivity index (χ4n) is 1.89. The second-order valence-corrected chi connectivity index (χ2v) is 5.77. The van der Waals surface area contributed by atoms with E-state index in [1.165, 1.54) is 11.1 Å². The van der Waals surface area contributed by atoms with Crippen LogP contribution in [0.25, 0.3) is 0 Å². The van der Waals surface area contributed by atoms with E-state index >= 15 is 0 Å². The molecular formula is C16H21N3. The highest BCUT2D eigenvalue weighted by Gasteiger charge is 2.12. The lowest BCUT2D eigenvalue weighted by molar-refractivity contribution is 0.589. The molecule has 3 nitrogen and oxygen atoms in total. The summed E-state index contributed by atoms with van der Waals surface area (Å²) in [4.78, 5) is 0. The Bertz CT molecular complexity index is 498. The fourth-order valence-corrected chi connectivity index (χ4v) is 1.89. The minimum absolute atomic E-state index is 0.214. The molecule has 0 aliphatic carbocycles. The summed E-state index contributed by atoms with van der Waals surface area (Å²) in [6.07, 6.45) is 1.69. The standard InChI is InChI=1S/C16H21N3/c1-16(2,3)14-8-6-13(7-9-14)11-17-12-15-5-4-10-18-19-15/h4-10,17H,11-12H2,1-3H3. The molecule has 2 rings (SSSR count). The summed E-state index contributed by atoms with van der Waals surface area (Å²) in [5.41, 5.74) is 3.84. The summed E-state index contributed by atoms with van der Waals surface area (Å²) in [6, 6.07) is 12.7. The zero-order valence-electron chi connectivity index (χ0n) is 11.9. The molecule has 1 heterocycles. The lowest BCUT2D eigenvalue weighted by Gasteiger charge is -2.19. The summed E-state index contributed by atoms with van der Waals surface area (Å²) in [5.74, 6) is 0. The van der Waals surface area contributed by atoms with Gasteiger partial charge < -0.3 is 5.32 Å². The molecule has 0 bridgehead atoms. The minimum atomic E-state index is 0.214. The van der Waals surface area contributed by atoms with Crippen molar-refractivity contribution in [3.63, 3.8) is 0 Å². The van der Waals surface area contributed by atoms with Crippen molar-refractivity contribution in [3.05, 3.63) is 59.4 Å². The molecule has 0 atom stereocenters. The van der Waals surface area contributed by atoms with Gasteiger partial charge in [-0.2, -0.15) is 10.2 Å². The molecule has 1 aromatic carbocycles. The van der Waals surface area contributed by atoms with Crippen LogP contribution >= 0.6 is 0 Å².